The highest BCUT2D eigenvalue weighted by Gasteiger charge is 2.17. The second-order valence-corrected chi connectivity index (χ2v) is 7.39. The molecule has 6 nitrogen and oxygen atoms in total. The number of fused-ring (bicyclic) bond motifs is 2. The Balaban J connectivity index is 1.43. The van der Waals surface area contributed by atoms with Gasteiger partial charge in [-0.3, -0.25) is 4.79 Å². The van der Waals surface area contributed by atoms with E-state index in [1.165, 1.54) is 0 Å². The van der Waals surface area contributed by atoms with E-state index in [4.69, 9.17) is 26.1 Å². The van der Waals surface area contributed by atoms with Crippen molar-refractivity contribution in [1.82, 2.24) is 9.55 Å². The van der Waals surface area contributed by atoms with Crippen LogP contribution >= 0.6 is 11.6 Å². The number of halogens is 1. The zero-order valence-electron chi connectivity index (χ0n) is 16.0. The number of anilines is 1. The van der Waals surface area contributed by atoms with Crippen LogP contribution in [0.5, 0.6) is 11.5 Å². The lowest BCUT2D eigenvalue weighted by Gasteiger charge is -2.11. The Morgan fingerprint density at radius 3 is 2.73 bits per heavy atom. The minimum absolute atomic E-state index is 0.134. The Bertz CT molecular complexity index is 1250. The highest BCUT2D eigenvalue weighted by molar-refractivity contribution is 6.31. The molecule has 1 amide bonds. The lowest BCUT2D eigenvalue weighted by atomic mass is 10.1. The SMILES string of the molecule is O=C(Cn1c(Cc2ccccc2Cl)nc2ccccc21)Nc1ccc2c(c1)OCO2. The molecule has 1 aliphatic heterocycles. The average molecular weight is 420 g/mol. The third-order valence-electron chi connectivity index (χ3n) is 5.00. The van der Waals surface area contributed by atoms with E-state index in [0.29, 0.717) is 28.6 Å². The Hall–Kier alpha value is -3.51. The van der Waals surface area contributed by atoms with Gasteiger partial charge in [-0.05, 0) is 35.9 Å². The molecule has 0 saturated carbocycles. The van der Waals surface area contributed by atoms with Crippen LogP contribution in [-0.2, 0) is 17.8 Å². The molecule has 2 heterocycles. The van der Waals surface area contributed by atoms with Gasteiger partial charge in [0.15, 0.2) is 11.5 Å². The summed E-state index contributed by atoms with van der Waals surface area (Å²) in [7, 11) is 0. The van der Waals surface area contributed by atoms with Gasteiger partial charge in [0.25, 0.3) is 0 Å². The van der Waals surface area contributed by atoms with Gasteiger partial charge in [0.1, 0.15) is 12.4 Å². The molecule has 0 radical (unpaired) electrons. The standard InChI is InChI=1S/C23H18ClN3O3/c24-17-6-2-1-5-15(17)11-22-26-18-7-3-4-8-19(18)27(22)13-23(28)25-16-9-10-20-21(12-16)30-14-29-20/h1-10,12H,11,13-14H2,(H,25,28). The molecule has 0 atom stereocenters. The number of imidazole rings is 1. The lowest BCUT2D eigenvalue weighted by molar-refractivity contribution is -0.116. The molecule has 0 bridgehead atoms. The lowest BCUT2D eigenvalue weighted by Crippen LogP contribution is -2.20. The van der Waals surface area contributed by atoms with E-state index in [1.807, 2.05) is 53.1 Å². The number of carbonyl (C=O) groups excluding carboxylic acids is 1. The Morgan fingerprint density at radius 1 is 1.03 bits per heavy atom. The predicted molar refractivity (Wildman–Crippen MR) is 115 cm³/mol. The molecule has 0 saturated heterocycles. The molecule has 150 valence electrons. The van der Waals surface area contributed by atoms with Crippen molar-refractivity contribution < 1.29 is 14.3 Å². The number of hydrogen-bond donors (Lipinski definition) is 1. The fraction of sp³-hybridized carbons (Fsp3) is 0.130. The molecule has 1 N–H and O–H groups in total. The fourth-order valence-corrected chi connectivity index (χ4v) is 3.77. The zero-order chi connectivity index (χ0) is 20.5. The van der Waals surface area contributed by atoms with Crippen LogP contribution in [-0.4, -0.2) is 22.3 Å². The second-order valence-electron chi connectivity index (χ2n) is 6.99. The van der Waals surface area contributed by atoms with Crippen LogP contribution in [0.1, 0.15) is 11.4 Å². The number of ether oxygens (including phenoxy) is 2. The van der Waals surface area contributed by atoms with E-state index < -0.39 is 0 Å². The number of aromatic nitrogens is 2. The summed E-state index contributed by atoms with van der Waals surface area (Å²) in [4.78, 5) is 17.6. The molecule has 3 aromatic carbocycles. The number of amides is 1. The zero-order valence-corrected chi connectivity index (χ0v) is 16.7. The molecule has 0 aliphatic carbocycles. The number of benzene rings is 3. The van der Waals surface area contributed by atoms with Gasteiger partial charge in [-0.2, -0.15) is 0 Å². The maximum Gasteiger partial charge on any atom is 0.244 e. The van der Waals surface area contributed by atoms with Gasteiger partial charge in [0, 0.05) is 23.2 Å². The molecule has 7 heteroatoms. The second kappa shape index (κ2) is 7.72. The monoisotopic (exact) mass is 419 g/mol. The van der Waals surface area contributed by atoms with Gasteiger partial charge in [-0.25, -0.2) is 4.98 Å². The van der Waals surface area contributed by atoms with Crippen LogP contribution in [0.25, 0.3) is 11.0 Å². The van der Waals surface area contributed by atoms with Crippen LogP contribution in [0, 0.1) is 0 Å². The summed E-state index contributed by atoms with van der Waals surface area (Å²) in [6.07, 6.45) is 0.533. The van der Waals surface area contributed by atoms with Gasteiger partial charge < -0.3 is 19.4 Å². The fourth-order valence-electron chi connectivity index (χ4n) is 3.57. The van der Waals surface area contributed by atoms with Crippen molar-refractivity contribution in [2.75, 3.05) is 12.1 Å². The number of para-hydroxylation sites is 2. The number of carbonyl (C=O) groups is 1. The average Bonchev–Trinajstić information content (AvgIpc) is 3.34. The molecule has 0 spiro atoms. The Kier molecular flexibility index (Phi) is 4.77. The topological polar surface area (TPSA) is 65.4 Å². The summed E-state index contributed by atoms with van der Waals surface area (Å²) in [5, 5.41) is 3.61. The van der Waals surface area contributed by atoms with Crippen LogP contribution in [0.4, 0.5) is 5.69 Å². The summed E-state index contributed by atoms with van der Waals surface area (Å²) in [6, 6.07) is 20.8. The maximum absolute atomic E-state index is 12.8. The van der Waals surface area contributed by atoms with Gasteiger partial charge in [0.2, 0.25) is 12.7 Å². The first-order valence-electron chi connectivity index (χ1n) is 9.54. The smallest absolute Gasteiger partial charge is 0.244 e. The minimum atomic E-state index is -0.155. The number of rotatable bonds is 5. The minimum Gasteiger partial charge on any atom is -0.454 e. The quantitative estimate of drug-likeness (QED) is 0.511. The summed E-state index contributed by atoms with van der Waals surface area (Å²) >= 11 is 6.35. The molecule has 30 heavy (non-hydrogen) atoms. The van der Waals surface area contributed by atoms with Gasteiger partial charge in [-0.1, -0.05) is 41.9 Å². The van der Waals surface area contributed by atoms with E-state index in [-0.39, 0.29) is 19.2 Å². The molecule has 4 aromatic rings. The van der Waals surface area contributed by atoms with E-state index in [9.17, 15) is 4.79 Å². The van der Waals surface area contributed by atoms with E-state index in [1.54, 1.807) is 18.2 Å². The Labute approximate surface area is 178 Å². The van der Waals surface area contributed by atoms with Crippen LogP contribution < -0.4 is 14.8 Å². The molecule has 1 aromatic heterocycles. The van der Waals surface area contributed by atoms with Crippen LogP contribution in [0.2, 0.25) is 5.02 Å². The van der Waals surface area contributed by atoms with Crippen molar-refractivity contribution in [3.8, 4) is 11.5 Å². The van der Waals surface area contributed by atoms with Crippen LogP contribution in [0.15, 0.2) is 66.7 Å². The maximum atomic E-state index is 12.8. The molecular weight excluding hydrogens is 402 g/mol. The first-order chi connectivity index (χ1) is 14.7. The van der Waals surface area contributed by atoms with E-state index in [2.05, 4.69) is 5.32 Å². The van der Waals surface area contributed by atoms with Gasteiger partial charge in [0.05, 0.1) is 11.0 Å². The Morgan fingerprint density at radius 2 is 1.83 bits per heavy atom. The van der Waals surface area contributed by atoms with Crippen molar-refractivity contribution in [2.45, 2.75) is 13.0 Å². The normalized spacial score (nSPS) is 12.3. The third-order valence-corrected chi connectivity index (χ3v) is 5.37. The highest BCUT2D eigenvalue weighted by Crippen LogP contribution is 2.34. The molecule has 1 aliphatic rings. The van der Waals surface area contributed by atoms with Crippen molar-refractivity contribution in [2.24, 2.45) is 0 Å². The van der Waals surface area contributed by atoms with Crippen molar-refractivity contribution in [1.29, 1.82) is 0 Å². The largest absolute Gasteiger partial charge is 0.454 e. The highest BCUT2D eigenvalue weighted by atomic mass is 35.5. The summed E-state index contributed by atoms with van der Waals surface area (Å²) in [6.45, 7) is 0.327. The number of nitrogens with one attached hydrogen (secondary N) is 1. The van der Waals surface area contributed by atoms with E-state index >= 15 is 0 Å². The molecule has 0 unspecified atom stereocenters. The van der Waals surface area contributed by atoms with Gasteiger partial charge >= 0.3 is 0 Å². The molecule has 0 fully saturated rings. The number of nitrogens with zero attached hydrogens (tertiary/aromatic N) is 2. The molecular formula is C23H18ClN3O3. The number of hydrogen-bond acceptors (Lipinski definition) is 4. The van der Waals surface area contributed by atoms with Crippen molar-refractivity contribution in [3.05, 3.63) is 83.1 Å². The van der Waals surface area contributed by atoms with E-state index in [0.717, 1.165) is 22.4 Å². The van der Waals surface area contributed by atoms with Crippen molar-refractivity contribution in [3.63, 3.8) is 0 Å². The first kappa shape index (κ1) is 18.5. The summed E-state index contributed by atoms with van der Waals surface area (Å²) < 4.78 is 12.6. The predicted octanol–water partition coefficient (Wildman–Crippen LogP) is 4.65. The van der Waals surface area contributed by atoms with Crippen LogP contribution in [0.3, 0.4) is 0 Å². The summed E-state index contributed by atoms with van der Waals surface area (Å²) in [5.74, 6) is 1.93. The first-order valence-corrected chi connectivity index (χ1v) is 9.92. The third kappa shape index (κ3) is 3.57. The van der Waals surface area contributed by atoms with Gasteiger partial charge in [-0.15, -0.1) is 0 Å². The van der Waals surface area contributed by atoms with Crippen molar-refractivity contribution >= 4 is 34.2 Å². The molecule has 5 rings (SSSR count). The summed E-state index contributed by atoms with van der Waals surface area (Å²) in [5.41, 5.74) is 3.36.